The van der Waals surface area contributed by atoms with Crippen LogP contribution in [0.1, 0.15) is 58.3 Å². The van der Waals surface area contributed by atoms with Crippen LogP contribution in [0.5, 0.6) is 0 Å². The average Bonchev–Trinajstić information content (AvgIpc) is 3.09. The van der Waals surface area contributed by atoms with Crippen LogP contribution in [0.25, 0.3) is 0 Å². The number of piperidine rings is 1. The van der Waals surface area contributed by atoms with Gasteiger partial charge in [-0.1, -0.05) is 26.2 Å². The number of carboxylic acid groups (broad SMARTS) is 1. The van der Waals surface area contributed by atoms with Gasteiger partial charge < -0.3 is 20.2 Å². The summed E-state index contributed by atoms with van der Waals surface area (Å²) in [6.07, 6.45) is 9.33. The van der Waals surface area contributed by atoms with Crippen molar-refractivity contribution in [2.75, 3.05) is 39.3 Å². The monoisotopic (exact) mass is 353 g/mol. The molecule has 0 aromatic heterocycles. The number of carbonyl (C=O) groups is 2. The molecule has 0 aromatic rings. The first-order chi connectivity index (χ1) is 12.1. The molecule has 0 radical (unpaired) electrons. The van der Waals surface area contributed by atoms with Crippen LogP contribution in [-0.4, -0.2) is 66.2 Å². The molecule has 144 valence electrons. The van der Waals surface area contributed by atoms with Gasteiger partial charge in [0.1, 0.15) is 0 Å². The molecule has 0 aliphatic carbocycles. The van der Waals surface area contributed by atoms with Crippen molar-refractivity contribution < 1.29 is 14.7 Å². The largest absolute Gasteiger partial charge is 0.481 e. The molecule has 25 heavy (non-hydrogen) atoms. The third kappa shape index (κ3) is 7.22. The molecule has 6 heteroatoms. The van der Waals surface area contributed by atoms with Crippen molar-refractivity contribution in [1.82, 2.24) is 15.1 Å². The molecule has 2 unspecified atom stereocenters. The lowest BCUT2D eigenvalue weighted by atomic mass is 9.91. The van der Waals surface area contributed by atoms with Crippen LogP contribution in [0.2, 0.25) is 0 Å². The molecular weight excluding hydrogens is 318 g/mol. The fourth-order valence-corrected chi connectivity index (χ4v) is 4.00. The lowest BCUT2D eigenvalue weighted by Gasteiger charge is -2.34. The molecule has 2 fully saturated rings. The Morgan fingerprint density at radius 2 is 1.72 bits per heavy atom. The van der Waals surface area contributed by atoms with Crippen LogP contribution in [0.3, 0.4) is 0 Å². The highest BCUT2D eigenvalue weighted by molar-refractivity contribution is 5.76. The number of unbranched alkanes of at least 4 members (excludes halogenated alkanes) is 4. The van der Waals surface area contributed by atoms with E-state index < -0.39 is 11.9 Å². The maximum atomic E-state index is 12.2. The first kappa shape index (κ1) is 20.0. The number of hydrogen-bond donors (Lipinski definition) is 2. The fraction of sp³-hybridized carbons (Fsp3) is 0.895. The van der Waals surface area contributed by atoms with Gasteiger partial charge in [0.2, 0.25) is 0 Å². The van der Waals surface area contributed by atoms with Gasteiger partial charge in [-0.15, -0.1) is 0 Å². The molecular formula is C19H35N3O3. The Hall–Kier alpha value is -1.30. The van der Waals surface area contributed by atoms with E-state index in [1.165, 1.54) is 51.7 Å². The Bertz CT molecular complexity index is 424. The summed E-state index contributed by atoms with van der Waals surface area (Å²) in [5.74, 6) is -0.973. The number of hydrogen-bond acceptors (Lipinski definition) is 3. The van der Waals surface area contributed by atoms with Crippen molar-refractivity contribution in [3.05, 3.63) is 0 Å². The highest BCUT2D eigenvalue weighted by atomic mass is 16.4. The van der Waals surface area contributed by atoms with E-state index in [1.807, 2.05) is 6.92 Å². The van der Waals surface area contributed by atoms with E-state index in [-0.39, 0.29) is 11.9 Å². The summed E-state index contributed by atoms with van der Waals surface area (Å²) in [4.78, 5) is 27.6. The average molecular weight is 354 g/mol. The highest BCUT2D eigenvalue weighted by Gasteiger charge is 2.31. The molecule has 0 bridgehead atoms. The first-order valence-electron chi connectivity index (χ1n) is 10.0. The Morgan fingerprint density at radius 3 is 2.44 bits per heavy atom. The second-order valence-electron chi connectivity index (χ2n) is 7.83. The van der Waals surface area contributed by atoms with Crippen LogP contribution in [0.15, 0.2) is 0 Å². The SMILES string of the molecule is CC1CC(C(=O)O)CN(C(=O)NCCCCCCCN2CCCC2)C1. The van der Waals surface area contributed by atoms with Gasteiger partial charge in [-0.3, -0.25) is 4.79 Å². The van der Waals surface area contributed by atoms with Gasteiger partial charge >= 0.3 is 12.0 Å². The van der Waals surface area contributed by atoms with Crippen molar-refractivity contribution in [3.8, 4) is 0 Å². The highest BCUT2D eigenvalue weighted by Crippen LogP contribution is 2.21. The molecule has 2 atom stereocenters. The number of carboxylic acids is 1. The first-order valence-corrected chi connectivity index (χ1v) is 10.0. The zero-order chi connectivity index (χ0) is 18.1. The van der Waals surface area contributed by atoms with Crippen LogP contribution < -0.4 is 5.32 Å². The second-order valence-corrected chi connectivity index (χ2v) is 7.83. The maximum absolute atomic E-state index is 12.2. The zero-order valence-corrected chi connectivity index (χ0v) is 15.7. The maximum Gasteiger partial charge on any atom is 0.317 e. The van der Waals surface area contributed by atoms with Crippen LogP contribution in [0, 0.1) is 11.8 Å². The lowest BCUT2D eigenvalue weighted by molar-refractivity contribution is -0.143. The summed E-state index contributed by atoms with van der Waals surface area (Å²) in [5.41, 5.74) is 0. The third-order valence-electron chi connectivity index (χ3n) is 5.42. The van der Waals surface area contributed by atoms with E-state index in [0.717, 1.165) is 12.8 Å². The smallest absolute Gasteiger partial charge is 0.317 e. The number of nitrogens with zero attached hydrogens (tertiary/aromatic N) is 2. The molecule has 2 saturated heterocycles. The molecule has 2 rings (SSSR count). The Kier molecular flexibility index (Phi) is 8.52. The second kappa shape index (κ2) is 10.6. The van der Waals surface area contributed by atoms with Crippen LogP contribution >= 0.6 is 0 Å². The van der Waals surface area contributed by atoms with Gasteiger partial charge in [0.05, 0.1) is 5.92 Å². The molecule has 2 aliphatic rings. The Labute approximate surface area is 151 Å². The Balaban J connectivity index is 1.49. The summed E-state index contributed by atoms with van der Waals surface area (Å²) in [6.45, 7) is 7.50. The van der Waals surface area contributed by atoms with Crippen molar-refractivity contribution in [3.63, 3.8) is 0 Å². The summed E-state index contributed by atoms with van der Waals surface area (Å²) >= 11 is 0. The van der Waals surface area contributed by atoms with Crippen molar-refractivity contribution >= 4 is 12.0 Å². The normalized spacial score (nSPS) is 24.4. The van der Waals surface area contributed by atoms with Gasteiger partial charge in [0.25, 0.3) is 0 Å². The van der Waals surface area contributed by atoms with E-state index in [2.05, 4.69) is 10.2 Å². The summed E-state index contributed by atoms with van der Waals surface area (Å²) in [6, 6.07) is -0.105. The van der Waals surface area contributed by atoms with Gasteiger partial charge in [0.15, 0.2) is 0 Å². The fourth-order valence-electron chi connectivity index (χ4n) is 4.00. The van der Waals surface area contributed by atoms with Gasteiger partial charge in [-0.25, -0.2) is 4.79 Å². The number of rotatable bonds is 9. The molecule has 2 heterocycles. The number of nitrogens with one attached hydrogen (secondary N) is 1. The predicted octanol–water partition coefficient (Wildman–Crippen LogP) is 2.78. The van der Waals surface area contributed by atoms with Crippen molar-refractivity contribution in [2.45, 2.75) is 58.3 Å². The number of aliphatic carboxylic acids is 1. The van der Waals surface area contributed by atoms with E-state index >= 15 is 0 Å². The van der Waals surface area contributed by atoms with E-state index in [4.69, 9.17) is 0 Å². The molecule has 0 spiro atoms. The van der Waals surface area contributed by atoms with E-state index in [9.17, 15) is 14.7 Å². The minimum absolute atomic E-state index is 0.105. The molecule has 2 amide bonds. The van der Waals surface area contributed by atoms with Crippen molar-refractivity contribution in [1.29, 1.82) is 0 Å². The van der Waals surface area contributed by atoms with E-state index in [0.29, 0.717) is 26.1 Å². The standard InChI is InChI=1S/C19H35N3O3/c1-16-13-17(18(23)24)15-22(14-16)19(25)20-9-5-3-2-4-6-10-21-11-7-8-12-21/h16-17H,2-15H2,1H3,(H,20,25)(H,23,24). The summed E-state index contributed by atoms with van der Waals surface area (Å²) in [7, 11) is 0. The van der Waals surface area contributed by atoms with Gasteiger partial charge in [-0.05, 0) is 57.7 Å². The molecule has 0 saturated carbocycles. The van der Waals surface area contributed by atoms with E-state index in [1.54, 1.807) is 4.90 Å². The number of likely N-dealkylation sites (tertiary alicyclic amines) is 2. The van der Waals surface area contributed by atoms with Crippen molar-refractivity contribution in [2.24, 2.45) is 11.8 Å². The van der Waals surface area contributed by atoms with Gasteiger partial charge in [0, 0.05) is 19.6 Å². The quantitative estimate of drug-likeness (QED) is 0.625. The Morgan fingerprint density at radius 1 is 1.04 bits per heavy atom. The minimum atomic E-state index is -0.793. The zero-order valence-electron chi connectivity index (χ0n) is 15.7. The summed E-state index contributed by atoms with van der Waals surface area (Å²) < 4.78 is 0. The lowest BCUT2D eigenvalue weighted by Crippen LogP contribution is -2.49. The molecule has 2 N–H and O–H groups in total. The molecule has 6 nitrogen and oxygen atoms in total. The molecule has 0 aromatic carbocycles. The van der Waals surface area contributed by atoms with Crippen LogP contribution in [0.4, 0.5) is 4.79 Å². The van der Waals surface area contributed by atoms with Gasteiger partial charge in [-0.2, -0.15) is 0 Å². The summed E-state index contributed by atoms with van der Waals surface area (Å²) in [5, 5.41) is 12.1. The number of amides is 2. The van der Waals surface area contributed by atoms with Crippen LogP contribution in [-0.2, 0) is 4.79 Å². The topological polar surface area (TPSA) is 72.9 Å². The molecule has 2 aliphatic heterocycles. The number of carbonyl (C=O) groups excluding carboxylic acids is 1. The third-order valence-corrected chi connectivity index (χ3v) is 5.42. The minimum Gasteiger partial charge on any atom is -0.481 e. The predicted molar refractivity (Wildman–Crippen MR) is 98.6 cm³/mol. The number of urea groups is 1.